The fourth-order valence-corrected chi connectivity index (χ4v) is 3.01. The lowest BCUT2D eigenvalue weighted by molar-refractivity contribution is -0.0201. The Morgan fingerprint density at radius 1 is 1.37 bits per heavy atom. The molecular formula is C13H11BrFN3O. The molecule has 1 aliphatic heterocycles. The Labute approximate surface area is 117 Å². The summed E-state index contributed by atoms with van der Waals surface area (Å²) in [4.78, 5) is 4.08. The lowest BCUT2D eigenvalue weighted by atomic mass is 10.2. The van der Waals surface area contributed by atoms with E-state index < -0.39 is 0 Å². The van der Waals surface area contributed by atoms with Gasteiger partial charge in [-0.3, -0.25) is 9.67 Å². The van der Waals surface area contributed by atoms with E-state index in [-0.39, 0.29) is 11.4 Å². The number of nitrogens with zero attached hydrogens (tertiary/aromatic N) is 3. The molecule has 1 fully saturated rings. The largest absolute Gasteiger partial charge is 0.367 e. The maximum Gasteiger partial charge on any atom is 0.141 e. The van der Waals surface area contributed by atoms with E-state index in [2.05, 4.69) is 26.0 Å². The van der Waals surface area contributed by atoms with Gasteiger partial charge in [0.25, 0.3) is 0 Å². The molecular weight excluding hydrogens is 313 g/mol. The fourth-order valence-electron chi connectivity index (χ4n) is 2.41. The maximum absolute atomic E-state index is 12.9. The molecule has 4 rings (SSSR count). The number of ether oxygens (including phenoxy) is 1. The first-order valence-corrected chi connectivity index (χ1v) is 6.97. The summed E-state index contributed by atoms with van der Waals surface area (Å²) >= 11 is 3.55. The molecule has 4 nitrogen and oxygen atoms in total. The fraction of sp³-hybridized carbons (Fsp3) is 0.385. The molecule has 6 heteroatoms. The summed E-state index contributed by atoms with van der Waals surface area (Å²) in [6.45, 7) is 1.36. The van der Waals surface area contributed by atoms with Gasteiger partial charge in [-0.15, -0.1) is 0 Å². The van der Waals surface area contributed by atoms with Gasteiger partial charge in [-0.25, -0.2) is 4.39 Å². The van der Waals surface area contributed by atoms with Gasteiger partial charge in [0.15, 0.2) is 0 Å². The molecule has 0 radical (unpaired) electrons. The van der Waals surface area contributed by atoms with Crippen LogP contribution < -0.4 is 0 Å². The molecule has 0 N–H and O–H groups in total. The standard InChI is InChI=1S/C13H11BrFN3O/c14-11-10-6-19-13(3-4-13)7-18(10)17-12(11)9-2-1-8(15)5-16-9/h1-2,5H,3-4,6-7H2. The lowest BCUT2D eigenvalue weighted by Gasteiger charge is -2.23. The zero-order valence-electron chi connectivity index (χ0n) is 10.1. The van der Waals surface area contributed by atoms with E-state index in [1.165, 1.54) is 12.3 Å². The number of hydrogen-bond donors (Lipinski definition) is 0. The Morgan fingerprint density at radius 3 is 2.89 bits per heavy atom. The van der Waals surface area contributed by atoms with E-state index in [4.69, 9.17) is 4.74 Å². The summed E-state index contributed by atoms with van der Waals surface area (Å²) in [5.74, 6) is -0.343. The minimum Gasteiger partial charge on any atom is -0.367 e. The molecule has 3 heterocycles. The summed E-state index contributed by atoms with van der Waals surface area (Å²) in [7, 11) is 0. The molecule has 0 atom stereocenters. The third-order valence-electron chi connectivity index (χ3n) is 3.72. The SMILES string of the molecule is Fc1ccc(-c2nn3c(c2Br)COC2(CC2)C3)nc1. The van der Waals surface area contributed by atoms with E-state index in [0.29, 0.717) is 12.3 Å². The van der Waals surface area contributed by atoms with Crippen molar-refractivity contribution in [2.24, 2.45) is 0 Å². The van der Waals surface area contributed by atoms with Crippen LogP contribution in [0.1, 0.15) is 18.5 Å². The average molecular weight is 324 g/mol. The van der Waals surface area contributed by atoms with E-state index >= 15 is 0 Å². The van der Waals surface area contributed by atoms with Gasteiger partial charge in [-0.1, -0.05) is 0 Å². The van der Waals surface area contributed by atoms with Crippen LogP contribution in [0.3, 0.4) is 0 Å². The first-order chi connectivity index (χ1) is 9.17. The van der Waals surface area contributed by atoms with Crippen molar-refractivity contribution in [3.8, 4) is 11.4 Å². The maximum atomic E-state index is 12.9. The van der Waals surface area contributed by atoms with E-state index in [1.807, 2.05) is 4.68 Å². The van der Waals surface area contributed by atoms with Crippen molar-refractivity contribution in [3.05, 3.63) is 34.3 Å². The number of rotatable bonds is 1. The van der Waals surface area contributed by atoms with Gasteiger partial charge in [0.1, 0.15) is 11.5 Å². The number of hydrogen-bond acceptors (Lipinski definition) is 3. The van der Waals surface area contributed by atoms with Gasteiger partial charge in [0.05, 0.1) is 40.8 Å². The lowest BCUT2D eigenvalue weighted by Crippen LogP contribution is -2.29. The first kappa shape index (κ1) is 11.5. The third kappa shape index (κ3) is 1.81. The van der Waals surface area contributed by atoms with Crippen LogP contribution in [0.25, 0.3) is 11.4 Å². The monoisotopic (exact) mass is 323 g/mol. The Balaban J connectivity index is 1.77. The topological polar surface area (TPSA) is 39.9 Å². The van der Waals surface area contributed by atoms with Gasteiger partial charge in [0.2, 0.25) is 0 Å². The molecule has 0 aromatic carbocycles. The van der Waals surface area contributed by atoms with Gasteiger partial charge in [0, 0.05) is 0 Å². The van der Waals surface area contributed by atoms with Crippen molar-refractivity contribution in [2.45, 2.75) is 31.6 Å². The molecule has 0 amide bonds. The highest BCUT2D eigenvalue weighted by molar-refractivity contribution is 9.10. The molecule has 19 heavy (non-hydrogen) atoms. The van der Waals surface area contributed by atoms with Crippen molar-refractivity contribution in [2.75, 3.05) is 0 Å². The van der Waals surface area contributed by atoms with Crippen molar-refractivity contribution < 1.29 is 9.13 Å². The molecule has 0 saturated heterocycles. The van der Waals surface area contributed by atoms with Gasteiger partial charge >= 0.3 is 0 Å². The third-order valence-corrected chi connectivity index (χ3v) is 4.56. The second-order valence-electron chi connectivity index (χ2n) is 5.10. The number of halogens is 2. The van der Waals surface area contributed by atoms with Crippen LogP contribution in [0, 0.1) is 5.82 Å². The van der Waals surface area contributed by atoms with E-state index in [1.54, 1.807) is 6.07 Å². The highest BCUT2D eigenvalue weighted by Gasteiger charge is 2.48. The van der Waals surface area contributed by atoms with Crippen LogP contribution in [-0.2, 0) is 17.9 Å². The Kier molecular flexibility index (Phi) is 2.35. The van der Waals surface area contributed by atoms with Crippen LogP contribution in [0.15, 0.2) is 22.8 Å². The zero-order chi connectivity index (χ0) is 13.0. The molecule has 98 valence electrons. The summed E-state index contributed by atoms with van der Waals surface area (Å²) in [6.07, 6.45) is 3.42. The Hall–Kier alpha value is -1.27. The summed E-state index contributed by atoms with van der Waals surface area (Å²) in [5, 5.41) is 4.59. The van der Waals surface area contributed by atoms with Crippen LogP contribution >= 0.6 is 15.9 Å². The molecule has 2 aromatic rings. The summed E-state index contributed by atoms with van der Waals surface area (Å²) < 4.78 is 21.7. The minimum atomic E-state index is -0.343. The quantitative estimate of drug-likeness (QED) is 0.810. The summed E-state index contributed by atoms with van der Waals surface area (Å²) in [5.41, 5.74) is 2.46. The van der Waals surface area contributed by atoms with Gasteiger partial charge in [-0.2, -0.15) is 5.10 Å². The second kappa shape index (κ2) is 3.86. The van der Waals surface area contributed by atoms with Crippen LogP contribution in [0.5, 0.6) is 0 Å². The molecule has 1 spiro atoms. The van der Waals surface area contributed by atoms with Crippen molar-refractivity contribution in [1.82, 2.24) is 14.8 Å². The average Bonchev–Trinajstić information content (AvgIpc) is 3.07. The highest BCUT2D eigenvalue weighted by atomic mass is 79.9. The Bertz CT molecular complexity index is 649. The first-order valence-electron chi connectivity index (χ1n) is 6.18. The highest BCUT2D eigenvalue weighted by Crippen LogP contribution is 2.46. The molecule has 2 aromatic heterocycles. The van der Waals surface area contributed by atoms with Gasteiger partial charge < -0.3 is 4.74 Å². The molecule has 0 bridgehead atoms. The van der Waals surface area contributed by atoms with Crippen molar-refractivity contribution in [1.29, 1.82) is 0 Å². The predicted octanol–water partition coefficient (Wildman–Crippen LogP) is 2.91. The van der Waals surface area contributed by atoms with Crippen LogP contribution in [-0.4, -0.2) is 20.4 Å². The number of fused-ring (bicyclic) bond motifs is 1. The molecule has 1 saturated carbocycles. The van der Waals surface area contributed by atoms with E-state index in [0.717, 1.165) is 35.2 Å². The van der Waals surface area contributed by atoms with Crippen LogP contribution in [0.2, 0.25) is 0 Å². The zero-order valence-corrected chi connectivity index (χ0v) is 11.7. The van der Waals surface area contributed by atoms with Crippen LogP contribution in [0.4, 0.5) is 4.39 Å². The van der Waals surface area contributed by atoms with Crippen molar-refractivity contribution >= 4 is 15.9 Å². The van der Waals surface area contributed by atoms with Gasteiger partial charge in [-0.05, 0) is 40.9 Å². The van der Waals surface area contributed by atoms with E-state index in [9.17, 15) is 4.39 Å². The predicted molar refractivity (Wildman–Crippen MR) is 69.9 cm³/mol. The van der Waals surface area contributed by atoms with Crippen molar-refractivity contribution in [3.63, 3.8) is 0 Å². The molecule has 1 aliphatic carbocycles. The number of pyridine rings is 1. The number of aromatic nitrogens is 3. The Morgan fingerprint density at radius 2 is 2.21 bits per heavy atom. The molecule has 2 aliphatic rings. The smallest absolute Gasteiger partial charge is 0.141 e. The molecule has 0 unspecified atom stereocenters. The minimum absolute atomic E-state index is 0.0198. The second-order valence-corrected chi connectivity index (χ2v) is 5.89. The summed E-state index contributed by atoms with van der Waals surface area (Å²) in [6, 6.07) is 3.04. The normalized spacial score (nSPS) is 19.5.